The summed E-state index contributed by atoms with van der Waals surface area (Å²) in [6.45, 7) is 2.45. The number of nitrogens with one attached hydrogen (secondary N) is 1. The molecule has 6 nitrogen and oxygen atoms in total. The summed E-state index contributed by atoms with van der Waals surface area (Å²) in [5.74, 6) is -0.707. The molecular formula is C21H22ClF3N2O4S. The van der Waals surface area contributed by atoms with E-state index in [9.17, 15) is 26.4 Å². The van der Waals surface area contributed by atoms with Crippen LogP contribution in [0.1, 0.15) is 25.3 Å². The molecule has 174 valence electrons. The van der Waals surface area contributed by atoms with Crippen molar-refractivity contribution in [1.29, 1.82) is 0 Å². The van der Waals surface area contributed by atoms with E-state index in [4.69, 9.17) is 16.3 Å². The summed E-state index contributed by atoms with van der Waals surface area (Å²) in [6, 6.07) is 9.09. The number of carbonyl (C=O) groups excluding carboxylic acids is 1. The molecule has 1 atom stereocenters. The van der Waals surface area contributed by atoms with Gasteiger partial charge in [-0.05, 0) is 62.2 Å². The predicted octanol–water partition coefficient (Wildman–Crippen LogP) is 4.80. The molecule has 32 heavy (non-hydrogen) atoms. The van der Waals surface area contributed by atoms with E-state index in [0.29, 0.717) is 25.2 Å². The number of sulfonamides is 1. The molecule has 2 aromatic carbocycles. The highest BCUT2D eigenvalue weighted by atomic mass is 35.5. The number of rotatable bonds is 6. The topological polar surface area (TPSA) is 75.7 Å². The lowest BCUT2D eigenvalue weighted by atomic mass is 9.98. The van der Waals surface area contributed by atoms with Crippen LogP contribution in [0.2, 0.25) is 5.02 Å². The first-order valence-corrected chi connectivity index (χ1v) is 11.7. The Morgan fingerprint density at radius 3 is 2.53 bits per heavy atom. The summed E-state index contributed by atoms with van der Waals surface area (Å²) in [4.78, 5) is 12.8. The number of anilines is 1. The fraction of sp³-hybridized carbons (Fsp3) is 0.381. The molecule has 0 radical (unpaired) electrons. The van der Waals surface area contributed by atoms with Crippen molar-refractivity contribution in [2.24, 2.45) is 5.92 Å². The molecule has 0 unspecified atom stereocenters. The van der Waals surface area contributed by atoms with E-state index in [1.165, 1.54) is 22.5 Å². The average molecular weight is 491 g/mol. The van der Waals surface area contributed by atoms with Gasteiger partial charge in [0.05, 0.1) is 28.0 Å². The van der Waals surface area contributed by atoms with Crippen molar-refractivity contribution in [3.8, 4) is 5.75 Å². The number of nitrogens with zero attached hydrogens (tertiary/aromatic N) is 1. The van der Waals surface area contributed by atoms with Crippen LogP contribution in [0.15, 0.2) is 47.4 Å². The zero-order valence-electron chi connectivity index (χ0n) is 17.2. The Balaban J connectivity index is 1.72. The number of piperidine rings is 1. The first kappa shape index (κ1) is 24.3. The lowest BCUT2D eigenvalue weighted by Gasteiger charge is -2.31. The minimum absolute atomic E-state index is 0.0572. The van der Waals surface area contributed by atoms with Gasteiger partial charge in [-0.15, -0.1) is 0 Å². The van der Waals surface area contributed by atoms with Gasteiger partial charge in [-0.25, -0.2) is 8.42 Å². The monoisotopic (exact) mass is 490 g/mol. The Hall–Kier alpha value is -2.30. The molecule has 0 bridgehead atoms. The van der Waals surface area contributed by atoms with Gasteiger partial charge in [0.25, 0.3) is 0 Å². The second-order valence-electron chi connectivity index (χ2n) is 7.29. The van der Waals surface area contributed by atoms with Crippen LogP contribution in [0.4, 0.5) is 18.9 Å². The molecule has 0 aliphatic carbocycles. The maximum absolute atomic E-state index is 13.1. The number of hydrogen-bond acceptors (Lipinski definition) is 4. The van der Waals surface area contributed by atoms with E-state index in [1.807, 2.05) is 6.92 Å². The summed E-state index contributed by atoms with van der Waals surface area (Å²) in [5, 5.41) is 1.98. The van der Waals surface area contributed by atoms with Crippen LogP contribution in [-0.2, 0) is 21.0 Å². The van der Waals surface area contributed by atoms with Gasteiger partial charge in [-0.1, -0.05) is 11.6 Å². The number of benzene rings is 2. The molecule has 0 aromatic heterocycles. The predicted molar refractivity (Wildman–Crippen MR) is 114 cm³/mol. The number of hydrogen-bond donors (Lipinski definition) is 1. The molecule has 1 amide bonds. The fourth-order valence-corrected chi connectivity index (χ4v) is 5.21. The van der Waals surface area contributed by atoms with Gasteiger partial charge in [0.1, 0.15) is 5.75 Å². The smallest absolute Gasteiger partial charge is 0.417 e. The second-order valence-corrected chi connectivity index (χ2v) is 9.63. The van der Waals surface area contributed by atoms with Gasteiger partial charge in [-0.3, -0.25) is 4.79 Å². The van der Waals surface area contributed by atoms with Crippen molar-refractivity contribution in [3.63, 3.8) is 0 Å². The molecule has 1 aliphatic heterocycles. The maximum Gasteiger partial charge on any atom is 0.417 e. The summed E-state index contributed by atoms with van der Waals surface area (Å²) in [7, 11) is -3.83. The van der Waals surface area contributed by atoms with E-state index in [0.717, 1.165) is 12.1 Å². The van der Waals surface area contributed by atoms with Gasteiger partial charge >= 0.3 is 6.18 Å². The molecule has 0 spiro atoms. The minimum atomic E-state index is -4.66. The molecule has 1 N–H and O–H groups in total. The molecule has 1 aliphatic rings. The second kappa shape index (κ2) is 9.68. The number of carbonyl (C=O) groups is 1. The van der Waals surface area contributed by atoms with Crippen LogP contribution in [0.3, 0.4) is 0 Å². The van der Waals surface area contributed by atoms with Gasteiger partial charge < -0.3 is 10.1 Å². The van der Waals surface area contributed by atoms with E-state index >= 15 is 0 Å². The van der Waals surface area contributed by atoms with Gasteiger partial charge in [0.15, 0.2) is 0 Å². The fourth-order valence-electron chi connectivity index (χ4n) is 3.46. The van der Waals surface area contributed by atoms with Crippen LogP contribution in [0, 0.1) is 5.92 Å². The Morgan fingerprint density at radius 1 is 1.22 bits per heavy atom. The molecule has 1 fully saturated rings. The van der Waals surface area contributed by atoms with Gasteiger partial charge in [0, 0.05) is 18.8 Å². The SMILES string of the molecule is CCOc1ccc(S(=O)(=O)N2CCC[C@@H](C(=O)Nc3ccc(Cl)c(C(F)(F)F)c3)C2)cc1. The summed E-state index contributed by atoms with van der Waals surface area (Å²) < 4.78 is 71.7. The molecule has 1 heterocycles. The zero-order valence-corrected chi connectivity index (χ0v) is 18.7. The third kappa shape index (κ3) is 5.54. The lowest BCUT2D eigenvalue weighted by molar-refractivity contribution is -0.137. The Kier molecular flexibility index (Phi) is 7.36. The van der Waals surface area contributed by atoms with Crippen molar-refractivity contribution in [2.75, 3.05) is 25.0 Å². The Morgan fingerprint density at radius 2 is 1.91 bits per heavy atom. The number of amides is 1. The van der Waals surface area contributed by atoms with E-state index in [-0.39, 0.29) is 23.7 Å². The van der Waals surface area contributed by atoms with E-state index < -0.39 is 38.6 Å². The minimum Gasteiger partial charge on any atom is -0.494 e. The first-order valence-electron chi connectivity index (χ1n) is 9.93. The molecular weight excluding hydrogens is 469 g/mol. The highest BCUT2D eigenvalue weighted by molar-refractivity contribution is 7.89. The zero-order chi connectivity index (χ0) is 23.5. The highest BCUT2D eigenvalue weighted by Gasteiger charge is 2.35. The van der Waals surface area contributed by atoms with E-state index in [2.05, 4.69) is 5.32 Å². The summed E-state index contributed by atoms with van der Waals surface area (Å²) in [5.41, 5.74) is -1.11. The molecule has 1 saturated heterocycles. The largest absolute Gasteiger partial charge is 0.494 e. The first-order chi connectivity index (χ1) is 15.0. The third-order valence-corrected chi connectivity index (χ3v) is 7.28. The van der Waals surface area contributed by atoms with Crippen LogP contribution < -0.4 is 10.1 Å². The van der Waals surface area contributed by atoms with Crippen LogP contribution in [-0.4, -0.2) is 38.3 Å². The van der Waals surface area contributed by atoms with Crippen LogP contribution in [0.25, 0.3) is 0 Å². The number of ether oxygens (including phenoxy) is 1. The Bertz CT molecular complexity index is 1080. The summed E-state index contributed by atoms with van der Waals surface area (Å²) in [6.07, 6.45) is -3.80. The van der Waals surface area contributed by atoms with E-state index in [1.54, 1.807) is 12.1 Å². The summed E-state index contributed by atoms with van der Waals surface area (Å²) >= 11 is 5.61. The lowest BCUT2D eigenvalue weighted by Crippen LogP contribution is -2.43. The van der Waals surface area contributed by atoms with Gasteiger partial charge in [0.2, 0.25) is 15.9 Å². The molecule has 2 aromatic rings. The average Bonchev–Trinajstić information content (AvgIpc) is 2.75. The van der Waals surface area contributed by atoms with Crippen LogP contribution in [0.5, 0.6) is 5.75 Å². The maximum atomic E-state index is 13.1. The number of halogens is 4. The molecule has 3 rings (SSSR count). The standard InChI is InChI=1S/C21H22ClF3N2O4S/c1-2-31-16-6-8-17(9-7-16)32(29,30)27-11-3-4-14(13-27)20(28)26-15-5-10-19(22)18(12-15)21(23,24)25/h5-10,12,14H,2-4,11,13H2,1H3,(H,26,28)/t14-/m1/s1. The highest BCUT2D eigenvalue weighted by Crippen LogP contribution is 2.36. The van der Waals surface area contributed by atoms with Crippen LogP contribution >= 0.6 is 11.6 Å². The van der Waals surface area contributed by atoms with Crippen molar-refractivity contribution >= 4 is 33.2 Å². The van der Waals surface area contributed by atoms with Crippen molar-refractivity contribution in [2.45, 2.75) is 30.8 Å². The molecule has 0 saturated carbocycles. The Labute approximate surface area is 189 Å². The normalized spacial score (nSPS) is 17.7. The quantitative estimate of drug-likeness (QED) is 0.631. The molecule has 11 heteroatoms. The van der Waals surface area contributed by atoms with Gasteiger partial charge in [-0.2, -0.15) is 17.5 Å². The van der Waals surface area contributed by atoms with Crippen molar-refractivity contribution < 1.29 is 31.1 Å². The van der Waals surface area contributed by atoms with Crippen molar-refractivity contribution in [1.82, 2.24) is 4.31 Å². The number of alkyl halides is 3. The third-order valence-electron chi connectivity index (χ3n) is 5.07. The van der Waals surface area contributed by atoms with Crippen molar-refractivity contribution in [3.05, 3.63) is 53.1 Å².